The van der Waals surface area contributed by atoms with E-state index in [9.17, 15) is 14.4 Å². The second-order valence-electron chi connectivity index (χ2n) is 12.8. The summed E-state index contributed by atoms with van der Waals surface area (Å²) in [5, 5.41) is 0. The van der Waals surface area contributed by atoms with Crippen molar-refractivity contribution in [2.75, 3.05) is 19.7 Å². The van der Waals surface area contributed by atoms with Crippen molar-refractivity contribution in [3.05, 3.63) is 78.2 Å². The van der Waals surface area contributed by atoms with Crippen molar-refractivity contribution in [1.29, 1.82) is 0 Å². The second-order valence-corrected chi connectivity index (χ2v) is 13.9. The van der Waals surface area contributed by atoms with Gasteiger partial charge in [-0.1, -0.05) is 52.0 Å². The molecule has 1 aromatic heterocycles. The molecule has 0 bridgehead atoms. The molecule has 0 aliphatic carbocycles. The lowest BCUT2D eigenvalue weighted by Crippen LogP contribution is -2.44. The lowest BCUT2D eigenvalue weighted by Gasteiger charge is -2.31. The average Bonchev–Trinajstić information content (AvgIpc) is 3.47. The summed E-state index contributed by atoms with van der Waals surface area (Å²) < 4.78 is 14.3. The maximum atomic E-state index is 13.9. The fraction of sp³-hybridized carbons (Fsp3) is 0.457. The van der Waals surface area contributed by atoms with Crippen molar-refractivity contribution in [3.8, 4) is 11.5 Å². The molecule has 43 heavy (non-hydrogen) atoms. The van der Waals surface area contributed by atoms with Crippen LogP contribution in [0.4, 0.5) is 0 Å². The van der Waals surface area contributed by atoms with Gasteiger partial charge < -0.3 is 14.4 Å². The molecule has 8 heteroatoms. The molecule has 0 radical (unpaired) electrons. The molecule has 2 aliphatic rings. The normalized spacial score (nSPS) is 19.3. The van der Waals surface area contributed by atoms with Crippen LogP contribution in [0.15, 0.2) is 41.2 Å². The minimum absolute atomic E-state index is 0.0229. The van der Waals surface area contributed by atoms with Crippen LogP contribution in [0.1, 0.15) is 81.4 Å². The minimum atomic E-state index is -0.299. The molecule has 5 rings (SSSR count). The third-order valence-electron chi connectivity index (χ3n) is 8.12. The summed E-state index contributed by atoms with van der Waals surface area (Å²) in [5.41, 5.74) is 3.13. The number of carbonyl (C=O) groups is 2. The first-order valence-corrected chi connectivity index (χ1v) is 16.1. The Morgan fingerprint density at radius 1 is 1.14 bits per heavy atom. The highest BCUT2D eigenvalue weighted by atomic mass is 32.1. The largest absolute Gasteiger partial charge is 0.494 e. The molecule has 1 saturated heterocycles. The molecule has 2 atom stereocenters. The van der Waals surface area contributed by atoms with Crippen molar-refractivity contribution in [2.24, 2.45) is 5.92 Å². The summed E-state index contributed by atoms with van der Waals surface area (Å²) in [6, 6.07) is 11.5. The zero-order valence-electron chi connectivity index (χ0n) is 26.1. The fourth-order valence-corrected chi connectivity index (χ4v) is 6.84. The van der Waals surface area contributed by atoms with Crippen LogP contribution in [-0.4, -0.2) is 47.0 Å². The molecule has 1 amide bonds. The number of aromatic nitrogens is 1. The zero-order chi connectivity index (χ0) is 30.9. The van der Waals surface area contributed by atoms with E-state index in [1.807, 2.05) is 55.1 Å². The van der Waals surface area contributed by atoms with E-state index >= 15 is 0 Å². The Labute approximate surface area is 257 Å². The highest BCUT2D eigenvalue weighted by molar-refractivity contribution is 7.07. The Hall–Kier alpha value is -3.65. The molecule has 0 saturated carbocycles. The third kappa shape index (κ3) is 6.96. The van der Waals surface area contributed by atoms with Gasteiger partial charge in [0.25, 0.3) is 5.56 Å². The van der Waals surface area contributed by atoms with E-state index in [0.29, 0.717) is 40.4 Å². The molecule has 0 spiro atoms. The minimum Gasteiger partial charge on any atom is -0.494 e. The first-order chi connectivity index (χ1) is 20.4. The van der Waals surface area contributed by atoms with Crippen LogP contribution < -0.4 is 24.2 Å². The standard InChI is InChI=1S/C35H42N2O5S/c1-7-41-28-16-25-15-23(3)42-33(25)26(17-28)18-30-34(40)37(21-31(39)36-14-8-9-22(2)20-36)32(43-30)19-29(38)24-10-12-27(13-11-24)35(4,5)6/h10-13,16-19,22-23H,7-9,14-15,20-21H2,1-6H3/b30-18-,32-19-. The fourth-order valence-electron chi connectivity index (χ4n) is 5.80. The van der Waals surface area contributed by atoms with Gasteiger partial charge in [-0.15, -0.1) is 11.3 Å². The van der Waals surface area contributed by atoms with Gasteiger partial charge in [-0.3, -0.25) is 19.0 Å². The quantitative estimate of drug-likeness (QED) is 0.367. The van der Waals surface area contributed by atoms with E-state index < -0.39 is 0 Å². The maximum Gasteiger partial charge on any atom is 0.269 e. The number of rotatable bonds is 7. The lowest BCUT2D eigenvalue weighted by molar-refractivity contribution is -0.133. The van der Waals surface area contributed by atoms with Crippen molar-refractivity contribution in [3.63, 3.8) is 0 Å². The summed E-state index contributed by atoms with van der Waals surface area (Å²) in [6.07, 6.45) is 6.11. The lowest BCUT2D eigenvalue weighted by atomic mass is 9.86. The number of hydrogen-bond acceptors (Lipinski definition) is 6. The monoisotopic (exact) mass is 602 g/mol. The number of likely N-dealkylation sites (tertiary alicyclic amines) is 1. The molecule has 2 aliphatic heterocycles. The Morgan fingerprint density at radius 3 is 2.56 bits per heavy atom. The van der Waals surface area contributed by atoms with Gasteiger partial charge in [-0.25, -0.2) is 0 Å². The Kier molecular flexibility index (Phi) is 8.97. The Balaban J connectivity index is 1.59. The molecule has 228 valence electrons. The van der Waals surface area contributed by atoms with Crippen molar-refractivity contribution in [1.82, 2.24) is 9.47 Å². The van der Waals surface area contributed by atoms with Gasteiger partial charge in [-0.2, -0.15) is 0 Å². The van der Waals surface area contributed by atoms with Gasteiger partial charge in [0, 0.05) is 42.3 Å². The van der Waals surface area contributed by atoms with E-state index in [2.05, 4.69) is 27.7 Å². The van der Waals surface area contributed by atoms with Gasteiger partial charge in [0.15, 0.2) is 5.78 Å². The smallest absolute Gasteiger partial charge is 0.269 e. The first kappa shape index (κ1) is 30.8. The van der Waals surface area contributed by atoms with Crippen LogP contribution >= 0.6 is 11.3 Å². The number of ketones is 1. The summed E-state index contributed by atoms with van der Waals surface area (Å²) in [4.78, 5) is 42.6. The van der Waals surface area contributed by atoms with Crippen molar-refractivity contribution < 1.29 is 19.1 Å². The van der Waals surface area contributed by atoms with Gasteiger partial charge >= 0.3 is 0 Å². The van der Waals surface area contributed by atoms with Crippen LogP contribution in [0.5, 0.6) is 11.5 Å². The van der Waals surface area contributed by atoms with Crippen molar-refractivity contribution in [2.45, 2.75) is 78.9 Å². The Bertz CT molecular complexity index is 1690. The van der Waals surface area contributed by atoms with Crippen LogP contribution in [0.25, 0.3) is 12.2 Å². The summed E-state index contributed by atoms with van der Waals surface area (Å²) in [6.45, 7) is 14.3. The van der Waals surface area contributed by atoms with Crippen LogP contribution in [0, 0.1) is 5.92 Å². The predicted octanol–water partition coefficient (Wildman–Crippen LogP) is 4.68. The van der Waals surface area contributed by atoms with E-state index in [1.54, 1.807) is 6.08 Å². The van der Waals surface area contributed by atoms with E-state index in [0.717, 1.165) is 47.5 Å². The summed E-state index contributed by atoms with van der Waals surface area (Å²) in [7, 11) is 0. The number of hydrogen-bond donors (Lipinski definition) is 0. The van der Waals surface area contributed by atoms with Gasteiger partial charge in [-0.05, 0) is 61.8 Å². The van der Waals surface area contributed by atoms with E-state index in [1.165, 1.54) is 22.0 Å². The average molecular weight is 603 g/mol. The second kappa shape index (κ2) is 12.5. The molecule has 7 nitrogen and oxygen atoms in total. The van der Waals surface area contributed by atoms with Crippen molar-refractivity contribution >= 4 is 35.2 Å². The molecule has 3 heterocycles. The third-order valence-corrected chi connectivity index (χ3v) is 9.18. The molecule has 2 unspecified atom stereocenters. The number of piperidine rings is 1. The summed E-state index contributed by atoms with van der Waals surface area (Å²) in [5.74, 6) is 1.57. The number of ether oxygens (including phenoxy) is 2. The number of fused-ring (bicyclic) bond motifs is 1. The number of amides is 1. The van der Waals surface area contributed by atoms with E-state index in [-0.39, 0.29) is 35.3 Å². The molecular formula is C35H42N2O5S. The molecule has 2 aromatic carbocycles. The van der Waals surface area contributed by atoms with Crippen LogP contribution in [-0.2, 0) is 23.2 Å². The number of nitrogens with zero attached hydrogens (tertiary/aromatic N) is 2. The number of Topliss-reactive ketones (excluding diaryl/α,β-unsaturated/α-hetero) is 1. The Morgan fingerprint density at radius 2 is 1.88 bits per heavy atom. The SMILES string of the molecule is CCOc1cc(/C=c2\s/c(=C\C(=O)c3ccc(C(C)(C)C)cc3)n(CC(=O)N3CCCC(C)C3)c2=O)c2c(c1)CC(C)O2. The number of carbonyl (C=O) groups excluding carboxylic acids is 2. The molecule has 1 fully saturated rings. The molecular weight excluding hydrogens is 560 g/mol. The number of benzene rings is 2. The highest BCUT2D eigenvalue weighted by Crippen LogP contribution is 2.36. The molecule has 0 N–H and O–H groups in total. The zero-order valence-corrected chi connectivity index (χ0v) is 26.9. The maximum absolute atomic E-state index is 13.9. The topological polar surface area (TPSA) is 77.8 Å². The predicted molar refractivity (Wildman–Crippen MR) is 172 cm³/mol. The van der Waals surface area contributed by atoms with Gasteiger partial charge in [0.2, 0.25) is 5.91 Å². The van der Waals surface area contributed by atoms with Crippen LogP contribution in [0.3, 0.4) is 0 Å². The van der Waals surface area contributed by atoms with Gasteiger partial charge in [0.1, 0.15) is 28.8 Å². The van der Waals surface area contributed by atoms with Crippen LogP contribution in [0.2, 0.25) is 0 Å². The van der Waals surface area contributed by atoms with E-state index in [4.69, 9.17) is 9.47 Å². The molecule has 3 aromatic rings. The number of thiazole rings is 1. The summed E-state index contributed by atoms with van der Waals surface area (Å²) >= 11 is 1.22. The first-order valence-electron chi connectivity index (χ1n) is 15.2. The highest BCUT2D eigenvalue weighted by Gasteiger charge is 2.25. The van der Waals surface area contributed by atoms with Gasteiger partial charge in [0.05, 0.1) is 11.1 Å².